The maximum absolute atomic E-state index is 11.8. The first-order chi connectivity index (χ1) is 9.16. The lowest BCUT2D eigenvalue weighted by Gasteiger charge is -2.11. The maximum Gasteiger partial charge on any atom is 0.319 e. The van der Waals surface area contributed by atoms with Crippen LogP contribution in [0.5, 0.6) is 0 Å². The molecule has 19 heavy (non-hydrogen) atoms. The fraction of sp³-hybridized carbons (Fsp3) is 0.200. The summed E-state index contributed by atoms with van der Waals surface area (Å²) < 4.78 is 0. The van der Waals surface area contributed by atoms with Gasteiger partial charge in [0.25, 0.3) is 0 Å². The average molecular weight is 255 g/mol. The molecule has 0 saturated heterocycles. The minimum atomic E-state index is -0.219. The SMILES string of the molecule is Cc1ccnc(C)c1NC(=O)NCc1ccccc1. The van der Waals surface area contributed by atoms with E-state index in [1.54, 1.807) is 6.20 Å². The van der Waals surface area contributed by atoms with E-state index in [2.05, 4.69) is 15.6 Å². The van der Waals surface area contributed by atoms with Crippen LogP contribution in [0.25, 0.3) is 0 Å². The molecule has 0 saturated carbocycles. The van der Waals surface area contributed by atoms with E-state index in [9.17, 15) is 4.79 Å². The molecule has 0 spiro atoms. The molecule has 4 nitrogen and oxygen atoms in total. The molecule has 2 amide bonds. The molecule has 1 heterocycles. The van der Waals surface area contributed by atoms with Gasteiger partial charge in [-0.25, -0.2) is 4.79 Å². The fourth-order valence-corrected chi connectivity index (χ4v) is 1.82. The van der Waals surface area contributed by atoms with E-state index in [1.165, 1.54) is 0 Å². The highest BCUT2D eigenvalue weighted by atomic mass is 16.2. The molecule has 2 aromatic rings. The number of hydrogen-bond donors (Lipinski definition) is 2. The van der Waals surface area contributed by atoms with E-state index in [0.29, 0.717) is 6.54 Å². The second-order valence-corrected chi connectivity index (χ2v) is 4.38. The molecule has 2 N–H and O–H groups in total. The molecule has 0 aliphatic heterocycles. The molecular weight excluding hydrogens is 238 g/mol. The Balaban J connectivity index is 1.95. The quantitative estimate of drug-likeness (QED) is 0.885. The monoisotopic (exact) mass is 255 g/mol. The van der Waals surface area contributed by atoms with Crippen LogP contribution in [0.15, 0.2) is 42.6 Å². The number of aromatic nitrogens is 1. The Bertz CT molecular complexity index is 547. The predicted octanol–water partition coefficient (Wildman–Crippen LogP) is 3.02. The fourth-order valence-electron chi connectivity index (χ4n) is 1.82. The lowest BCUT2D eigenvalue weighted by molar-refractivity contribution is 0.251. The standard InChI is InChI=1S/C15H17N3O/c1-11-8-9-16-12(2)14(11)18-15(19)17-10-13-6-4-3-5-7-13/h3-9H,10H2,1-2H3,(H2,17,18,19). The van der Waals surface area contributed by atoms with Crippen LogP contribution in [-0.4, -0.2) is 11.0 Å². The van der Waals surface area contributed by atoms with Crippen LogP contribution in [0.4, 0.5) is 10.5 Å². The minimum Gasteiger partial charge on any atom is -0.334 e. The van der Waals surface area contributed by atoms with Crippen molar-refractivity contribution >= 4 is 11.7 Å². The summed E-state index contributed by atoms with van der Waals surface area (Å²) in [4.78, 5) is 16.0. The zero-order valence-electron chi connectivity index (χ0n) is 11.1. The number of pyridine rings is 1. The molecule has 2 rings (SSSR count). The molecule has 1 aromatic carbocycles. The number of amides is 2. The highest BCUT2D eigenvalue weighted by molar-refractivity contribution is 5.90. The van der Waals surface area contributed by atoms with Crippen LogP contribution in [0.2, 0.25) is 0 Å². The van der Waals surface area contributed by atoms with E-state index in [-0.39, 0.29) is 6.03 Å². The lowest BCUT2D eigenvalue weighted by atomic mass is 10.2. The van der Waals surface area contributed by atoms with E-state index in [4.69, 9.17) is 0 Å². The Kier molecular flexibility index (Phi) is 4.13. The summed E-state index contributed by atoms with van der Waals surface area (Å²) in [5, 5.41) is 5.66. The van der Waals surface area contributed by atoms with Crippen molar-refractivity contribution in [3.8, 4) is 0 Å². The van der Waals surface area contributed by atoms with Gasteiger partial charge >= 0.3 is 6.03 Å². The summed E-state index contributed by atoms with van der Waals surface area (Å²) in [5.74, 6) is 0. The van der Waals surface area contributed by atoms with Crippen molar-refractivity contribution in [1.82, 2.24) is 10.3 Å². The van der Waals surface area contributed by atoms with E-state index in [1.807, 2.05) is 50.2 Å². The van der Waals surface area contributed by atoms with Gasteiger partial charge in [-0.2, -0.15) is 0 Å². The molecule has 0 bridgehead atoms. The van der Waals surface area contributed by atoms with E-state index >= 15 is 0 Å². The number of carbonyl (C=O) groups is 1. The van der Waals surface area contributed by atoms with Gasteiger partial charge in [0.15, 0.2) is 0 Å². The summed E-state index contributed by atoms with van der Waals surface area (Å²) in [6.07, 6.45) is 1.73. The van der Waals surface area contributed by atoms with Crippen LogP contribution in [0, 0.1) is 13.8 Å². The summed E-state index contributed by atoms with van der Waals surface area (Å²) >= 11 is 0. The Morgan fingerprint density at radius 3 is 2.58 bits per heavy atom. The number of rotatable bonds is 3. The molecule has 4 heteroatoms. The van der Waals surface area contributed by atoms with Crippen LogP contribution < -0.4 is 10.6 Å². The van der Waals surface area contributed by atoms with Gasteiger partial charge in [-0.05, 0) is 31.0 Å². The Morgan fingerprint density at radius 2 is 1.89 bits per heavy atom. The number of nitrogens with zero attached hydrogens (tertiary/aromatic N) is 1. The highest BCUT2D eigenvalue weighted by Crippen LogP contribution is 2.16. The second-order valence-electron chi connectivity index (χ2n) is 4.38. The number of hydrogen-bond acceptors (Lipinski definition) is 2. The third-order valence-corrected chi connectivity index (χ3v) is 2.88. The maximum atomic E-state index is 11.8. The van der Waals surface area contributed by atoms with Crippen LogP contribution in [0.1, 0.15) is 16.8 Å². The Hall–Kier alpha value is -2.36. The summed E-state index contributed by atoms with van der Waals surface area (Å²) in [7, 11) is 0. The molecule has 0 aliphatic rings. The van der Waals surface area contributed by atoms with Gasteiger partial charge in [-0.1, -0.05) is 30.3 Å². The summed E-state index contributed by atoms with van der Waals surface area (Å²) in [6.45, 7) is 4.33. The van der Waals surface area contributed by atoms with Gasteiger partial charge in [0, 0.05) is 12.7 Å². The molecule has 0 aliphatic carbocycles. The zero-order valence-corrected chi connectivity index (χ0v) is 11.1. The third-order valence-electron chi connectivity index (χ3n) is 2.88. The van der Waals surface area contributed by atoms with Gasteiger partial charge in [0.2, 0.25) is 0 Å². The number of anilines is 1. The number of nitrogens with one attached hydrogen (secondary N) is 2. The molecule has 0 fully saturated rings. The van der Waals surface area contributed by atoms with Crippen LogP contribution >= 0.6 is 0 Å². The summed E-state index contributed by atoms with van der Waals surface area (Å²) in [5.41, 5.74) is 3.66. The number of urea groups is 1. The predicted molar refractivity (Wildman–Crippen MR) is 76.0 cm³/mol. The Morgan fingerprint density at radius 1 is 1.16 bits per heavy atom. The molecule has 1 aromatic heterocycles. The van der Waals surface area contributed by atoms with Gasteiger partial charge in [-0.3, -0.25) is 4.98 Å². The van der Waals surface area contributed by atoms with Crippen molar-refractivity contribution in [2.75, 3.05) is 5.32 Å². The number of aryl methyl sites for hydroxylation is 2. The molecule has 0 unspecified atom stereocenters. The average Bonchev–Trinajstić information content (AvgIpc) is 2.42. The van der Waals surface area contributed by atoms with Gasteiger partial charge in [0.05, 0.1) is 11.4 Å². The summed E-state index contributed by atoms with van der Waals surface area (Å²) in [6, 6.07) is 11.4. The molecule has 0 radical (unpaired) electrons. The largest absolute Gasteiger partial charge is 0.334 e. The zero-order chi connectivity index (χ0) is 13.7. The number of benzene rings is 1. The van der Waals surface area contributed by atoms with Crippen molar-refractivity contribution in [2.24, 2.45) is 0 Å². The van der Waals surface area contributed by atoms with Crippen molar-refractivity contribution < 1.29 is 4.79 Å². The van der Waals surface area contributed by atoms with Gasteiger partial charge in [0.1, 0.15) is 0 Å². The van der Waals surface area contributed by atoms with Gasteiger partial charge < -0.3 is 10.6 Å². The second kappa shape index (κ2) is 6.00. The topological polar surface area (TPSA) is 54.0 Å². The van der Waals surface area contributed by atoms with Crippen LogP contribution in [0.3, 0.4) is 0 Å². The van der Waals surface area contributed by atoms with Gasteiger partial charge in [-0.15, -0.1) is 0 Å². The molecule has 98 valence electrons. The Labute approximate surface area is 112 Å². The van der Waals surface area contributed by atoms with Crippen molar-refractivity contribution in [2.45, 2.75) is 20.4 Å². The molecular formula is C15H17N3O. The normalized spacial score (nSPS) is 10.0. The molecule has 0 atom stereocenters. The highest BCUT2D eigenvalue weighted by Gasteiger charge is 2.07. The van der Waals surface area contributed by atoms with E-state index < -0.39 is 0 Å². The van der Waals surface area contributed by atoms with Crippen LogP contribution in [-0.2, 0) is 6.54 Å². The third kappa shape index (κ3) is 3.55. The van der Waals surface area contributed by atoms with Crippen molar-refractivity contribution in [1.29, 1.82) is 0 Å². The lowest BCUT2D eigenvalue weighted by Crippen LogP contribution is -2.28. The van der Waals surface area contributed by atoms with Crippen molar-refractivity contribution in [3.05, 3.63) is 59.4 Å². The number of carbonyl (C=O) groups excluding carboxylic acids is 1. The first-order valence-corrected chi connectivity index (χ1v) is 6.18. The smallest absolute Gasteiger partial charge is 0.319 e. The first-order valence-electron chi connectivity index (χ1n) is 6.18. The minimum absolute atomic E-state index is 0.219. The first kappa shape index (κ1) is 13.1. The van der Waals surface area contributed by atoms with E-state index in [0.717, 1.165) is 22.5 Å². The van der Waals surface area contributed by atoms with Crippen molar-refractivity contribution in [3.63, 3.8) is 0 Å².